The molecule has 1 atom stereocenters. The topological polar surface area (TPSA) is 77.3 Å². The first-order chi connectivity index (χ1) is 12.0. The Hall–Kier alpha value is -1.89. The highest BCUT2D eigenvalue weighted by atomic mass is 19.3. The van der Waals surface area contributed by atoms with Gasteiger partial charge in [-0.05, 0) is 38.7 Å². The van der Waals surface area contributed by atoms with E-state index in [0.717, 1.165) is 0 Å². The molecule has 0 radical (unpaired) electrons. The van der Waals surface area contributed by atoms with Crippen LogP contribution in [0.3, 0.4) is 0 Å². The van der Waals surface area contributed by atoms with Crippen LogP contribution >= 0.6 is 0 Å². The highest BCUT2D eigenvalue weighted by Gasteiger charge is 2.46. The van der Waals surface area contributed by atoms with Gasteiger partial charge in [-0.3, -0.25) is 4.98 Å². The number of alkyl halides is 3. The Morgan fingerprint density at radius 2 is 1.85 bits per heavy atom. The van der Waals surface area contributed by atoms with Crippen LogP contribution in [-0.4, -0.2) is 22.3 Å². The third-order valence-corrected chi connectivity index (χ3v) is 5.51. The van der Waals surface area contributed by atoms with Crippen molar-refractivity contribution in [3.63, 3.8) is 0 Å². The van der Waals surface area contributed by atoms with Crippen LogP contribution in [0.5, 0.6) is 0 Å². The molecule has 1 aromatic rings. The zero-order valence-corrected chi connectivity index (χ0v) is 15.1. The predicted octanol–water partition coefficient (Wildman–Crippen LogP) is 3.91. The Bertz CT molecular complexity index is 724. The number of aliphatic imine (C=N–C) groups is 1. The van der Waals surface area contributed by atoms with Crippen LogP contribution in [0.2, 0.25) is 0 Å². The first-order valence-electron chi connectivity index (χ1n) is 8.87. The molecular formula is C19H25F3N4. The maximum Gasteiger partial charge on any atom is 0.248 e. The van der Waals surface area contributed by atoms with Crippen molar-refractivity contribution in [1.82, 2.24) is 4.98 Å². The maximum atomic E-state index is 14.1. The quantitative estimate of drug-likeness (QED) is 0.851. The number of hydrogen-bond acceptors (Lipinski definition) is 4. The van der Waals surface area contributed by atoms with Gasteiger partial charge in [0.2, 0.25) is 5.92 Å². The Balaban J connectivity index is 1.93. The lowest BCUT2D eigenvalue weighted by molar-refractivity contribution is -0.0510. The Kier molecular flexibility index (Phi) is 4.63. The van der Waals surface area contributed by atoms with Gasteiger partial charge in [0.05, 0.1) is 11.2 Å². The monoisotopic (exact) mass is 366 g/mol. The van der Waals surface area contributed by atoms with Crippen LogP contribution in [0.1, 0.15) is 57.2 Å². The number of amidine groups is 1. The molecule has 1 aliphatic carbocycles. The van der Waals surface area contributed by atoms with E-state index < -0.39 is 17.1 Å². The second-order valence-electron chi connectivity index (χ2n) is 7.92. The standard InChI is InChI=1S/C19H25F3N4/c1-17(2,20)13-3-4-15(25-10-13)14-11-26-16(23)9-19(14,24)12-5-7-18(21,22)8-6-12/h3-4,10-12H,5-9,24H2,1-2H3,(H2,23,26). The number of pyridine rings is 1. The molecule has 0 saturated heterocycles. The lowest BCUT2D eigenvalue weighted by atomic mass is 9.67. The fraction of sp³-hybridized carbons (Fsp3) is 0.579. The van der Waals surface area contributed by atoms with Gasteiger partial charge in [-0.1, -0.05) is 6.07 Å². The fourth-order valence-corrected chi connectivity index (χ4v) is 3.84. The highest BCUT2D eigenvalue weighted by Crippen LogP contribution is 2.46. The van der Waals surface area contributed by atoms with E-state index in [1.54, 1.807) is 18.3 Å². The number of aromatic nitrogens is 1. The summed E-state index contributed by atoms with van der Waals surface area (Å²) in [7, 11) is 0. The molecule has 1 aromatic heterocycles. The second-order valence-corrected chi connectivity index (χ2v) is 7.92. The van der Waals surface area contributed by atoms with Gasteiger partial charge >= 0.3 is 0 Å². The predicted molar refractivity (Wildman–Crippen MR) is 96.4 cm³/mol. The first-order valence-corrected chi connectivity index (χ1v) is 8.87. The lowest BCUT2D eigenvalue weighted by Gasteiger charge is -2.43. The van der Waals surface area contributed by atoms with E-state index >= 15 is 0 Å². The molecule has 4 nitrogen and oxygen atoms in total. The van der Waals surface area contributed by atoms with Gasteiger partial charge < -0.3 is 11.5 Å². The lowest BCUT2D eigenvalue weighted by Crippen LogP contribution is -2.53. The summed E-state index contributed by atoms with van der Waals surface area (Å²) in [6.45, 7) is 2.92. The highest BCUT2D eigenvalue weighted by molar-refractivity contribution is 5.90. The average molecular weight is 366 g/mol. The maximum absolute atomic E-state index is 14.1. The Labute approximate surface area is 151 Å². The zero-order valence-electron chi connectivity index (χ0n) is 15.1. The molecule has 1 unspecified atom stereocenters. The minimum atomic E-state index is -2.63. The molecule has 3 rings (SSSR count). The fourth-order valence-electron chi connectivity index (χ4n) is 3.84. The molecule has 0 aromatic carbocycles. The summed E-state index contributed by atoms with van der Waals surface area (Å²) in [5.74, 6) is -2.38. The summed E-state index contributed by atoms with van der Waals surface area (Å²) >= 11 is 0. The number of hydrogen-bond donors (Lipinski definition) is 2. The number of halogens is 3. The minimum absolute atomic E-state index is 0.137. The van der Waals surface area contributed by atoms with E-state index in [-0.39, 0.29) is 18.8 Å². The summed E-state index contributed by atoms with van der Waals surface area (Å²) in [5.41, 5.74) is 11.9. The molecular weight excluding hydrogens is 341 g/mol. The van der Waals surface area contributed by atoms with Crippen molar-refractivity contribution < 1.29 is 13.2 Å². The van der Waals surface area contributed by atoms with Gasteiger partial charge in [-0.15, -0.1) is 0 Å². The summed E-state index contributed by atoms with van der Waals surface area (Å²) < 4.78 is 41.2. The molecule has 4 N–H and O–H groups in total. The molecule has 1 fully saturated rings. The summed E-state index contributed by atoms with van der Waals surface area (Å²) in [5, 5.41) is 0. The molecule has 7 heteroatoms. The molecule has 1 saturated carbocycles. The van der Waals surface area contributed by atoms with Crippen molar-refractivity contribution in [3.8, 4) is 0 Å². The average Bonchev–Trinajstić information content (AvgIpc) is 2.54. The van der Waals surface area contributed by atoms with Crippen LogP contribution in [-0.2, 0) is 5.67 Å². The number of nitrogens with two attached hydrogens (primary N) is 2. The van der Waals surface area contributed by atoms with E-state index in [4.69, 9.17) is 11.5 Å². The summed E-state index contributed by atoms with van der Waals surface area (Å²) in [4.78, 5) is 8.53. The van der Waals surface area contributed by atoms with E-state index in [1.165, 1.54) is 20.0 Å². The van der Waals surface area contributed by atoms with Gasteiger partial charge in [0.25, 0.3) is 0 Å². The van der Waals surface area contributed by atoms with Gasteiger partial charge in [0, 0.05) is 42.8 Å². The van der Waals surface area contributed by atoms with Crippen LogP contribution < -0.4 is 11.5 Å². The van der Waals surface area contributed by atoms with Gasteiger partial charge in [-0.2, -0.15) is 0 Å². The largest absolute Gasteiger partial charge is 0.387 e. The van der Waals surface area contributed by atoms with Gasteiger partial charge in [-0.25, -0.2) is 18.2 Å². The molecule has 0 bridgehead atoms. The van der Waals surface area contributed by atoms with Crippen molar-refractivity contribution in [2.24, 2.45) is 22.4 Å². The van der Waals surface area contributed by atoms with Gasteiger partial charge in [0.15, 0.2) is 0 Å². The SMILES string of the molecule is CC(C)(F)c1ccc(C2=CN=C(N)CC2(N)C2CCC(F)(F)CC2)nc1. The normalized spacial score (nSPS) is 27.0. The molecule has 1 aliphatic heterocycles. The van der Waals surface area contributed by atoms with Crippen molar-refractivity contribution in [2.75, 3.05) is 0 Å². The molecule has 26 heavy (non-hydrogen) atoms. The van der Waals surface area contributed by atoms with Gasteiger partial charge in [0.1, 0.15) is 11.5 Å². The zero-order chi connectivity index (χ0) is 19.2. The molecule has 2 heterocycles. The van der Waals surface area contributed by atoms with E-state index in [2.05, 4.69) is 9.98 Å². The second kappa shape index (κ2) is 6.37. The Morgan fingerprint density at radius 1 is 1.19 bits per heavy atom. The molecule has 0 spiro atoms. The van der Waals surface area contributed by atoms with Crippen molar-refractivity contribution in [3.05, 3.63) is 35.8 Å². The van der Waals surface area contributed by atoms with Crippen LogP contribution in [0.15, 0.2) is 29.5 Å². The van der Waals surface area contributed by atoms with E-state index in [9.17, 15) is 13.2 Å². The third kappa shape index (κ3) is 3.63. The van der Waals surface area contributed by atoms with E-state index in [1.807, 2.05) is 0 Å². The van der Waals surface area contributed by atoms with Crippen molar-refractivity contribution in [2.45, 2.75) is 63.1 Å². The van der Waals surface area contributed by atoms with Crippen molar-refractivity contribution in [1.29, 1.82) is 0 Å². The molecule has 2 aliphatic rings. The third-order valence-electron chi connectivity index (χ3n) is 5.51. The number of rotatable bonds is 3. The van der Waals surface area contributed by atoms with Crippen LogP contribution in [0, 0.1) is 5.92 Å². The first kappa shape index (κ1) is 18.9. The summed E-state index contributed by atoms with van der Waals surface area (Å²) in [6, 6.07) is 3.37. The minimum Gasteiger partial charge on any atom is -0.387 e. The molecule has 142 valence electrons. The van der Waals surface area contributed by atoms with E-state index in [0.29, 0.717) is 41.9 Å². The van der Waals surface area contributed by atoms with Crippen molar-refractivity contribution >= 4 is 11.4 Å². The smallest absolute Gasteiger partial charge is 0.248 e. The van der Waals surface area contributed by atoms with Crippen LogP contribution in [0.25, 0.3) is 5.57 Å². The summed E-state index contributed by atoms with van der Waals surface area (Å²) in [6.07, 6.45) is 3.65. The molecule has 0 amide bonds. The number of nitrogens with zero attached hydrogens (tertiary/aromatic N) is 2. The Morgan fingerprint density at radius 3 is 2.38 bits per heavy atom. The van der Waals surface area contributed by atoms with Crippen LogP contribution in [0.4, 0.5) is 13.2 Å².